The van der Waals surface area contributed by atoms with Crippen LogP contribution in [0.15, 0.2) is 65.5 Å². The van der Waals surface area contributed by atoms with Crippen LogP contribution in [-0.4, -0.2) is 20.7 Å². The van der Waals surface area contributed by atoms with E-state index in [1.807, 2.05) is 65.2 Å². The molecular weight excluding hydrogens is 388 g/mol. The van der Waals surface area contributed by atoms with E-state index in [1.54, 1.807) is 4.57 Å². The minimum Gasteiger partial charge on any atom is -0.355 e. The summed E-state index contributed by atoms with van der Waals surface area (Å²) in [5.74, 6) is 0.537. The second-order valence-electron chi connectivity index (χ2n) is 6.38. The van der Waals surface area contributed by atoms with E-state index >= 15 is 0 Å². The Morgan fingerprint density at radius 1 is 1.00 bits per heavy atom. The molecule has 5 nitrogen and oxygen atoms in total. The number of aromatic nitrogens is 3. The van der Waals surface area contributed by atoms with Crippen LogP contribution in [0.1, 0.15) is 19.8 Å². The Labute approximate surface area is 171 Å². The van der Waals surface area contributed by atoms with Crippen LogP contribution in [0, 0.1) is 3.95 Å². The van der Waals surface area contributed by atoms with Crippen LogP contribution in [0.2, 0.25) is 0 Å². The summed E-state index contributed by atoms with van der Waals surface area (Å²) in [6.45, 7) is 2.88. The normalized spacial score (nSPS) is 11.0. The fourth-order valence-electron chi connectivity index (χ4n) is 3.07. The average molecular weight is 409 g/mol. The van der Waals surface area contributed by atoms with Crippen LogP contribution in [0.3, 0.4) is 0 Å². The zero-order chi connectivity index (χ0) is 19.5. The maximum Gasteiger partial charge on any atom is 0.279 e. The quantitative estimate of drug-likeness (QED) is 0.353. The van der Waals surface area contributed by atoms with Crippen molar-refractivity contribution in [1.82, 2.24) is 14.1 Å². The lowest BCUT2D eigenvalue weighted by Crippen LogP contribution is -2.24. The molecule has 0 amide bonds. The van der Waals surface area contributed by atoms with Gasteiger partial charge in [-0.2, -0.15) is 4.98 Å². The van der Waals surface area contributed by atoms with Gasteiger partial charge in [-0.3, -0.25) is 9.36 Å². The fraction of sp³-hybridized carbons (Fsp3) is 0.190. The lowest BCUT2D eigenvalue weighted by Gasteiger charge is -2.14. The highest BCUT2D eigenvalue weighted by Gasteiger charge is 2.18. The van der Waals surface area contributed by atoms with E-state index in [-0.39, 0.29) is 5.56 Å². The molecule has 0 aliphatic carbocycles. The second-order valence-corrected chi connectivity index (χ2v) is 8.03. The maximum absolute atomic E-state index is 13.4. The number of benzene rings is 2. The molecule has 0 aliphatic rings. The maximum atomic E-state index is 13.4. The molecule has 0 radical (unpaired) electrons. The molecule has 2 aromatic heterocycles. The first-order chi connectivity index (χ1) is 13.7. The number of thiazole rings is 1. The minimum atomic E-state index is -0.110. The predicted octanol–water partition coefficient (Wildman–Crippen LogP) is 5.18. The first-order valence-corrected chi connectivity index (χ1v) is 10.5. The Balaban J connectivity index is 1.99. The first-order valence-electron chi connectivity index (χ1n) is 9.24. The largest absolute Gasteiger partial charge is 0.355 e. The fourth-order valence-corrected chi connectivity index (χ4v) is 4.38. The molecule has 0 bridgehead atoms. The van der Waals surface area contributed by atoms with Crippen LogP contribution in [0.25, 0.3) is 21.7 Å². The van der Waals surface area contributed by atoms with Gasteiger partial charge in [-0.15, -0.1) is 0 Å². The number of hydrogen-bond donors (Lipinski definition) is 1. The third kappa shape index (κ3) is 3.39. The molecule has 142 valence electrons. The molecule has 0 spiro atoms. The Morgan fingerprint density at radius 3 is 2.21 bits per heavy atom. The van der Waals surface area contributed by atoms with Crippen LogP contribution >= 0.6 is 23.6 Å². The topological polar surface area (TPSA) is 51.9 Å². The molecule has 0 atom stereocenters. The summed E-state index contributed by atoms with van der Waals surface area (Å²) >= 11 is 6.88. The minimum absolute atomic E-state index is 0.110. The summed E-state index contributed by atoms with van der Waals surface area (Å²) in [6.07, 6.45) is 2.06. The molecular formula is C21H20N4OS2. The Bertz CT molecular complexity index is 1210. The standard InChI is InChI=1S/C21H20N4OS2/c1-2-3-14-22-20-23-18-17(19(26)25(20)16-12-8-5-9-13-16)28-21(27)24(18)15-10-6-4-7-11-15/h4-13H,2-3,14H2,1H3,(H,22,23). The van der Waals surface area contributed by atoms with Gasteiger partial charge in [-0.05, 0) is 42.9 Å². The van der Waals surface area contributed by atoms with Gasteiger partial charge in [-0.25, -0.2) is 4.57 Å². The van der Waals surface area contributed by atoms with Crippen LogP contribution in [0.5, 0.6) is 0 Å². The lowest BCUT2D eigenvalue weighted by atomic mass is 10.3. The van der Waals surface area contributed by atoms with Crippen LogP contribution in [-0.2, 0) is 0 Å². The molecule has 4 aromatic rings. The molecule has 1 N–H and O–H groups in total. The number of para-hydroxylation sites is 2. The first kappa shape index (κ1) is 18.6. The number of hydrogen-bond acceptors (Lipinski definition) is 5. The summed E-state index contributed by atoms with van der Waals surface area (Å²) in [4.78, 5) is 18.3. The van der Waals surface area contributed by atoms with Crippen molar-refractivity contribution >= 4 is 39.9 Å². The Kier molecular flexibility index (Phi) is 5.36. The van der Waals surface area contributed by atoms with E-state index in [4.69, 9.17) is 17.2 Å². The number of nitrogens with zero attached hydrogens (tertiary/aromatic N) is 3. The lowest BCUT2D eigenvalue weighted by molar-refractivity contribution is 0.815. The molecule has 0 unspecified atom stereocenters. The summed E-state index contributed by atoms with van der Waals surface area (Å²) < 4.78 is 4.67. The van der Waals surface area contributed by atoms with Crippen molar-refractivity contribution < 1.29 is 0 Å². The molecule has 4 rings (SSSR count). The van der Waals surface area contributed by atoms with E-state index in [2.05, 4.69) is 12.2 Å². The van der Waals surface area contributed by atoms with Crippen molar-refractivity contribution in [3.63, 3.8) is 0 Å². The monoisotopic (exact) mass is 408 g/mol. The summed E-state index contributed by atoms with van der Waals surface area (Å²) in [7, 11) is 0. The smallest absolute Gasteiger partial charge is 0.279 e. The van der Waals surface area contributed by atoms with Crippen molar-refractivity contribution in [3.05, 3.63) is 75.0 Å². The number of anilines is 1. The number of rotatable bonds is 6. The van der Waals surface area contributed by atoms with Crippen molar-refractivity contribution in [2.45, 2.75) is 19.8 Å². The number of fused-ring (bicyclic) bond motifs is 1. The van der Waals surface area contributed by atoms with Gasteiger partial charge in [0.25, 0.3) is 5.56 Å². The third-order valence-corrected chi connectivity index (χ3v) is 5.80. The number of unbranched alkanes of at least 4 members (excludes halogenated alkanes) is 1. The summed E-state index contributed by atoms with van der Waals surface area (Å²) in [6, 6.07) is 19.4. The highest BCUT2D eigenvalue weighted by atomic mass is 32.1. The highest BCUT2D eigenvalue weighted by Crippen LogP contribution is 2.25. The second kappa shape index (κ2) is 8.08. The van der Waals surface area contributed by atoms with Gasteiger partial charge >= 0.3 is 0 Å². The van der Waals surface area contributed by atoms with E-state index in [0.29, 0.717) is 20.2 Å². The van der Waals surface area contributed by atoms with Crippen molar-refractivity contribution in [2.24, 2.45) is 0 Å². The average Bonchev–Trinajstić information content (AvgIpc) is 3.06. The predicted molar refractivity (Wildman–Crippen MR) is 119 cm³/mol. The van der Waals surface area contributed by atoms with Crippen molar-refractivity contribution in [2.75, 3.05) is 11.9 Å². The van der Waals surface area contributed by atoms with Crippen LogP contribution in [0.4, 0.5) is 5.95 Å². The summed E-state index contributed by atoms with van der Waals surface area (Å²) in [5, 5.41) is 3.34. The van der Waals surface area contributed by atoms with Crippen molar-refractivity contribution in [3.8, 4) is 11.4 Å². The highest BCUT2D eigenvalue weighted by molar-refractivity contribution is 7.73. The molecule has 7 heteroatoms. The van der Waals surface area contributed by atoms with Gasteiger partial charge in [0.1, 0.15) is 4.70 Å². The van der Waals surface area contributed by atoms with Gasteiger partial charge in [0.2, 0.25) is 5.95 Å². The Morgan fingerprint density at radius 2 is 1.61 bits per heavy atom. The van der Waals surface area contributed by atoms with E-state index in [9.17, 15) is 4.79 Å². The molecule has 0 fully saturated rings. The number of nitrogens with one attached hydrogen (secondary N) is 1. The van der Waals surface area contributed by atoms with Crippen molar-refractivity contribution in [1.29, 1.82) is 0 Å². The zero-order valence-electron chi connectivity index (χ0n) is 15.5. The van der Waals surface area contributed by atoms with Gasteiger partial charge in [-0.1, -0.05) is 61.1 Å². The third-order valence-electron chi connectivity index (χ3n) is 4.45. The van der Waals surface area contributed by atoms with Crippen LogP contribution < -0.4 is 10.9 Å². The van der Waals surface area contributed by atoms with Gasteiger partial charge in [0.15, 0.2) is 9.60 Å². The molecule has 0 saturated carbocycles. The SMILES string of the molecule is CCCCNc1nc2c(sc(=S)n2-c2ccccc2)c(=O)n1-c1ccccc1. The van der Waals surface area contributed by atoms with Gasteiger partial charge < -0.3 is 5.32 Å². The molecule has 2 aromatic carbocycles. The van der Waals surface area contributed by atoms with E-state index in [1.165, 1.54) is 11.3 Å². The molecule has 28 heavy (non-hydrogen) atoms. The van der Waals surface area contributed by atoms with Gasteiger partial charge in [0, 0.05) is 12.2 Å². The van der Waals surface area contributed by atoms with E-state index in [0.717, 1.165) is 30.8 Å². The van der Waals surface area contributed by atoms with E-state index < -0.39 is 0 Å². The molecule has 0 aliphatic heterocycles. The summed E-state index contributed by atoms with van der Waals surface area (Å²) in [5.41, 5.74) is 2.17. The Hall–Kier alpha value is -2.77. The zero-order valence-corrected chi connectivity index (χ0v) is 17.1. The van der Waals surface area contributed by atoms with Gasteiger partial charge in [0.05, 0.1) is 5.69 Å². The molecule has 2 heterocycles. The molecule has 0 saturated heterocycles.